The van der Waals surface area contributed by atoms with E-state index >= 15 is 0 Å². The first kappa shape index (κ1) is 70.7. The number of hydrogen-bond donors (Lipinski definition) is 1. The molecule has 0 radical (unpaired) electrons. The van der Waals surface area contributed by atoms with Crippen LogP contribution in [0, 0.1) is 0 Å². The lowest BCUT2D eigenvalue weighted by Crippen LogP contribution is -2.37. The summed E-state index contributed by atoms with van der Waals surface area (Å²) in [6, 6.07) is 0. The number of quaternary nitrogens is 1. The van der Waals surface area contributed by atoms with Crippen molar-refractivity contribution in [1.82, 2.24) is 0 Å². The zero-order valence-electron chi connectivity index (χ0n) is 48.7. The van der Waals surface area contributed by atoms with Gasteiger partial charge in [0.1, 0.15) is 19.3 Å². The van der Waals surface area contributed by atoms with Crippen LogP contribution < -0.4 is 0 Å². The maximum absolute atomic E-state index is 12.8. The van der Waals surface area contributed by atoms with E-state index in [-0.39, 0.29) is 25.8 Å². The van der Waals surface area contributed by atoms with E-state index in [1.54, 1.807) is 0 Å². The lowest BCUT2D eigenvalue weighted by Gasteiger charge is -2.24. The zero-order valence-corrected chi connectivity index (χ0v) is 49.6. The summed E-state index contributed by atoms with van der Waals surface area (Å²) in [5.41, 5.74) is 0. The van der Waals surface area contributed by atoms with E-state index in [1.165, 1.54) is 238 Å². The Bertz CT molecular complexity index is 1250. The highest BCUT2D eigenvalue weighted by Gasteiger charge is 2.26. The average Bonchev–Trinajstić information content (AvgIpc) is 3.34. The van der Waals surface area contributed by atoms with Crippen molar-refractivity contribution in [2.75, 3.05) is 54.1 Å². The lowest BCUT2D eigenvalue weighted by molar-refractivity contribution is -0.870. The minimum Gasteiger partial charge on any atom is -0.457 e. The molecule has 2 unspecified atom stereocenters. The van der Waals surface area contributed by atoms with E-state index in [1.807, 2.05) is 21.1 Å². The summed E-state index contributed by atoms with van der Waals surface area (Å²) < 4.78 is 35.3. The molecule has 0 saturated heterocycles. The van der Waals surface area contributed by atoms with Gasteiger partial charge in [-0.05, 0) is 51.4 Å². The van der Waals surface area contributed by atoms with Crippen LogP contribution in [0.15, 0.2) is 36.5 Å². The van der Waals surface area contributed by atoms with Crippen LogP contribution in [0.3, 0.4) is 0 Å². The standard InChI is InChI=1S/C63H122NO7P/c1-6-8-10-12-14-16-18-20-22-24-26-28-30-32-33-35-37-39-41-43-45-47-49-51-53-55-58-68-60-62(61-70-72(66,67)69-59-57-64(3,4)5)71-63(65)56-54-52-50-48-46-44-42-40-38-36-34-31-29-27-25-23-21-19-17-15-13-11-9-7-2/h18,20,24,26,30,32,62H,6-17,19,21-23,25,27-29,31,33-61H2,1-5H3/p+1/b20-18-,26-24-,32-30-. The Morgan fingerprint density at radius 2 is 0.764 bits per heavy atom. The van der Waals surface area contributed by atoms with Gasteiger partial charge in [0.15, 0.2) is 0 Å². The predicted octanol–water partition coefficient (Wildman–Crippen LogP) is 20.0. The predicted molar refractivity (Wildman–Crippen MR) is 312 cm³/mol. The summed E-state index contributed by atoms with van der Waals surface area (Å²) >= 11 is 0. The third-order valence-electron chi connectivity index (χ3n) is 14.0. The van der Waals surface area contributed by atoms with Crippen LogP contribution in [0.2, 0.25) is 0 Å². The topological polar surface area (TPSA) is 91.3 Å². The molecule has 9 heteroatoms. The number of carbonyl (C=O) groups excluding carboxylic acids is 1. The van der Waals surface area contributed by atoms with E-state index in [4.69, 9.17) is 18.5 Å². The average molecular weight is 1040 g/mol. The molecule has 0 amide bonds. The summed E-state index contributed by atoms with van der Waals surface area (Å²) in [5.74, 6) is -0.307. The van der Waals surface area contributed by atoms with Crippen LogP contribution in [0.4, 0.5) is 0 Å². The molecule has 0 aromatic heterocycles. The second-order valence-electron chi connectivity index (χ2n) is 22.4. The van der Waals surface area contributed by atoms with Crippen LogP contribution in [0.25, 0.3) is 0 Å². The van der Waals surface area contributed by atoms with Gasteiger partial charge in [-0.1, -0.05) is 281 Å². The molecule has 72 heavy (non-hydrogen) atoms. The van der Waals surface area contributed by atoms with Crippen molar-refractivity contribution in [3.63, 3.8) is 0 Å². The second kappa shape index (κ2) is 55.9. The second-order valence-corrected chi connectivity index (χ2v) is 23.9. The van der Waals surface area contributed by atoms with E-state index in [0.29, 0.717) is 24.1 Å². The number of phosphoric acid groups is 1. The molecule has 0 aromatic carbocycles. The normalized spacial score (nSPS) is 13.6. The van der Waals surface area contributed by atoms with Crippen LogP contribution in [-0.4, -0.2) is 75.6 Å². The number of rotatable bonds is 59. The molecule has 1 N–H and O–H groups in total. The third kappa shape index (κ3) is 59.6. The van der Waals surface area contributed by atoms with Crippen LogP contribution in [0.1, 0.15) is 303 Å². The van der Waals surface area contributed by atoms with Crippen molar-refractivity contribution in [1.29, 1.82) is 0 Å². The summed E-state index contributed by atoms with van der Waals surface area (Å²) in [4.78, 5) is 23.1. The van der Waals surface area contributed by atoms with Crippen molar-refractivity contribution < 1.29 is 37.3 Å². The van der Waals surface area contributed by atoms with E-state index < -0.39 is 13.9 Å². The van der Waals surface area contributed by atoms with Crippen molar-refractivity contribution >= 4 is 13.8 Å². The van der Waals surface area contributed by atoms with Gasteiger partial charge in [0.25, 0.3) is 0 Å². The molecule has 0 spiro atoms. The summed E-state index contributed by atoms with van der Waals surface area (Å²) in [7, 11) is 1.68. The van der Waals surface area contributed by atoms with Crippen molar-refractivity contribution in [2.45, 2.75) is 309 Å². The lowest BCUT2D eigenvalue weighted by atomic mass is 10.0. The molecule has 0 aliphatic rings. The number of phosphoric ester groups is 1. The monoisotopic (exact) mass is 1040 g/mol. The molecule has 0 rings (SSSR count). The minimum atomic E-state index is -4.29. The first-order valence-electron chi connectivity index (χ1n) is 31.2. The Labute approximate surface area is 448 Å². The molecule has 0 aromatic rings. The number of nitrogens with zero attached hydrogens (tertiary/aromatic N) is 1. The summed E-state index contributed by atoms with van der Waals surface area (Å²) in [6.07, 6.45) is 70.8. The molecule has 8 nitrogen and oxygen atoms in total. The molecule has 0 aliphatic carbocycles. The number of unbranched alkanes of at least 4 members (excludes halogenated alkanes) is 39. The van der Waals surface area contributed by atoms with Gasteiger partial charge in [0, 0.05) is 13.0 Å². The van der Waals surface area contributed by atoms with E-state index in [9.17, 15) is 14.3 Å². The molecular weight excluding hydrogens is 914 g/mol. The van der Waals surface area contributed by atoms with Gasteiger partial charge in [-0.25, -0.2) is 4.57 Å². The first-order chi connectivity index (χ1) is 35.1. The fourth-order valence-electron chi connectivity index (χ4n) is 9.15. The SMILES string of the molecule is CCCCCCC/C=C\C/C=C\C/C=C\CCCCCCCCCCCCCOCC(COP(=O)(O)OCC[N+](C)(C)C)OC(=O)CCCCCCCCCCCCCCCCCCCCCCCCCC. The quantitative estimate of drug-likeness (QED) is 0.0213. The number of likely N-dealkylation sites (N-methyl/N-ethyl adjacent to an activating group) is 1. The molecule has 0 saturated carbocycles. The van der Waals surface area contributed by atoms with Gasteiger partial charge in [-0.15, -0.1) is 0 Å². The van der Waals surface area contributed by atoms with Crippen molar-refractivity contribution in [2.24, 2.45) is 0 Å². The fraction of sp³-hybridized carbons (Fsp3) is 0.889. The van der Waals surface area contributed by atoms with Gasteiger partial charge >= 0.3 is 13.8 Å². The zero-order chi connectivity index (χ0) is 52.6. The van der Waals surface area contributed by atoms with Gasteiger partial charge < -0.3 is 18.9 Å². The molecule has 0 fully saturated rings. The number of ether oxygens (including phenoxy) is 2. The molecule has 0 heterocycles. The van der Waals surface area contributed by atoms with Crippen molar-refractivity contribution in [3.05, 3.63) is 36.5 Å². The molecule has 2 atom stereocenters. The fourth-order valence-corrected chi connectivity index (χ4v) is 9.89. The maximum Gasteiger partial charge on any atom is 0.472 e. The number of carbonyl (C=O) groups is 1. The van der Waals surface area contributed by atoms with E-state index in [0.717, 1.165) is 44.9 Å². The molecular formula is C63H123NO7P+. The maximum atomic E-state index is 12.8. The highest BCUT2D eigenvalue weighted by atomic mass is 31.2. The summed E-state index contributed by atoms with van der Waals surface area (Å²) in [5, 5.41) is 0. The Morgan fingerprint density at radius 1 is 0.431 bits per heavy atom. The van der Waals surface area contributed by atoms with Gasteiger partial charge in [-0.3, -0.25) is 13.8 Å². The smallest absolute Gasteiger partial charge is 0.457 e. The molecule has 0 bridgehead atoms. The Morgan fingerprint density at radius 3 is 1.14 bits per heavy atom. The van der Waals surface area contributed by atoms with Crippen LogP contribution in [-0.2, 0) is 27.9 Å². The number of esters is 1. The molecule has 0 aliphatic heterocycles. The highest BCUT2D eigenvalue weighted by molar-refractivity contribution is 7.47. The Hall–Kier alpha value is -1.28. The Balaban J connectivity index is 4.01. The van der Waals surface area contributed by atoms with Crippen molar-refractivity contribution in [3.8, 4) is 0 Å². The van der Waals surface area contributed by atoms with Crippen LogP contribution in [0.5, 0.6) is 0 Å². The summed E-state index contributed by atoms with van der Waals surface area (Å²) in [6.45, 7) is 5.67. The Kier molecular flexibility index (Phi) is 54.9. The minimum absolute atomic E-state index is 0.0899. The van der Waals surface area contributed by atoms with Crippen LogP contribution >= 0.6 is 7.82 Å². The first-order valence-corrected chi connectivity index (χ1v) is 32.7. The number of hydrogen-bond acceptors (Lipinski definition) is 6. The molecule has 426 valence electrons. The van der Waals surface area contributed by atoms with Gasteiger partial charge in [0.05, 0.1) is 34.4 Å². The highest BCUT2D eigenvalue weighted by Crippen LogP contribution is 2.43. The van der Waals surface area contributed by atoms with Gasteiger partial charge in [-0.2, -0.15) is 0 Å². The third-order valence-corrected chi connectivity index (χ3v) is 14.9. The van der Waals surface area contributed by atoms with E-state index in [2.05, 4.69) is 50.3 Å². The largest absolute Gasteiger partial charge is 0.472 e. The van der Waals surface area contributed by atoms with Gasteiger partial charge in [0.2, 0.25) is 0 Å². The number of allylic oxidation sites excluding steroid dienone is 6.